The molecule has 0 spiro atoms. The van der Waals surface area contributed by atoms with Crippen molar-refractivity contribution in [2.75, 3.05) is 0 Å². The van der Waals surface area contributed by atoms with Crippen LogP contribution in [0.25, 0.3) is 0 Å². The van der Waals surface area contributed by atoms with Crippen molar-refractivity contribution in [1.29, 1.82) is 5.26 Å². The molecular formula is C15H10F3NO2. The molecular weight excluding hydrogens is 283 g/mol. The Balaban J connectivity index is 2.42. The van der Waals surface area contributed by atoms with Gasteiger partial charge in [0.05, 0.1) is 17.7 Å². The standard InChI is InChI=1S/C15H10F3NO2/c16-15(17,18)12-5-2-6-13(7-12)21-14-10(8-19)3-1-4-11(14)9-20/h1-7,20H,9H2. The van der Waals surface area contributed by atoms with Crippen LogP contribution in [0.4, 0.5) is 13.2 Å². The second-order valence-corrected chi connectivity index (χ2v) is 4.19. The summed E-state index contributed by atoms with van der Waals surface area (Å²) in [7, 11) is 0. The van der Waals surface area contributed by atoms with Gasteiger partial charge in [-0.3, -0.25) is 0 Å². The first kappa shape index (κ1) is 14.9. The third-order valence-corrected chi connectivity index (χ3v) is 2.77. The maximum Gasteiger partial charge on any atom is 0.416 e. The Kier molecular flexibility index (Phi) is 4.15. The predicted octanol–water partition coefficient (Wildman–Crippen LogP) is 3.86. The first-order chi connectivity index (χ1) is 9.95. The molecule has 0 amide bonds. The lowest BCUT2D eigenvalue weighted by Gasteiger charge is -2.13. The number of benzene rings is 2. The van der Waals surface area contributed by atoms with Crippen molar-refractivity contribution in [1.82, 2.24) is 0 Å². The summed E-state index contributed by atoms with van der Waals surface area (Å²) in [5.74, 6) is 0.00375. The molecule has 0 fully saturated rings. The molecule has 2 aromatic carbocycles. The Morgan fingerprint density at radius 1 is 1.14 bits per heavy atom. The third kappa shape index (κ3) is 3.33. The summed E-state index contributed by atoms with van der Waals surface area (Å²) in [5.41, 5.74) is -0.384. The van der Waals surface area contributed by atoms with E-state index in [0.717, 1.165) is 12.1 Å². The van der Waals surface area contributed by atoms with Crippen molar-refractivity contribution < 1.29 is 23.0 Å². The number of ether oxygens (including phenoxy) is 1. The Labute approximate surface area is 118 Å². The van der Waals surface area contributed by atoms with Crippen molar-refractivity contribution in [3.8, 4) is 17.6 Å². The minimum Gasteiger partial charge on any atom is -0.456 e. The molecule has 0 saturated heterocycles. The summed E-state index contributed by atoms with van der Waals surface area (Å²) in [5, 5.41) is 18.2. The lowest BCUT2D eigenvalue weighted by molar-refractivity contribution is -0.137. The van der Waals surface area contributed by atoms with Gasteiger partial charge < -0.3 is 9.84 Å². The molecule has 0 aliphatic rings. The Morgan fingerprint density at radius 3 is 2.48 bits per heavy atom. The van der Waals surface area contributed by atoms with E-state index in [1.807, 2.05) is 6.07 Å². The third-order valence-electron chi connectivity index (χ3n) is 2.77. The summed E-state index contributed by atoms with van der Waals surface area (Å²) in [6.45, 7) is -0.385. The monoisotopic (exact) mass is 293 g/mol. The Bertz CT molecular complexity index is 690. The van der Waals surface area contributed by atoms with Crippen molar-refractivity contribution >= 4 is 0 Å². The summed E-state index contributed by atoms with van der Waals surface area (Å²) in [4.78, 5) is 0. The van der Waals surface area contributed by atoms with E-state index in [1.165, 1.54) is 24.3 Å². The fourth-order valence-electron chi connectivity index (χ4n) is 1.77. The zero-order valence-electron chi connectivity index (χ0n) is 10.7. The molecule has 6 heteroatoms. The highest BCUT2D eigenvalue weighted by Crippen LogP contribution is 2.34. The van der Waals surface area contributed by atoms with E-state index in [1.54, 1.807) is 6.07 Å². The lowest BCUT2D eigenvalue weighted by atomic mass is 10.1. The predicted molar refractivity (Wildman–Crippen MR) is 68.6 cm³/mol. The molecule has 0 saturated carbocycles. The fourth-order valence-corrected chi connectivity index (χ4v) is 1.77. The molecule has 108 valence electrons. The molecule has 0 aromatic heterocycles. The Morgan fingerprint density at radius 2 is 1.86 bits per heavy atom. The van der Waals surface area contributed by atoms with E-state index in [0.29, 0.717) is 5.56 Å². The van der Waals surface area contributed by atoms with Crippen LogP contribution in [0.15, 0.2) is 42.5 Å². The normalized spacial score (nSPS) is 11.0. The van der Waals surface area contributed by atoms with Crippen LogP contribution in [0.3, 0.4) is 0 Å². The smallest absolute Gasteiger partial charge is 0.416 e. The van der Waals surface area contributed by atoms with Crippen LogP contribution >= 0.6 is 0 Å². The molecule has 1 N–H and O–H groups in total. The van der Waals surface area contributed by atoms with Gasteiger partial charge in [0.2, 0.25) is 0 Å². The minimum atomic E-state index is -4.48. The zero-order chi connectivity index (χ0) is 15.5. The fraction of sp³-hybridized carbons (Fsp3) is 0.133. The first-order valence-electron chi connectivity index (χ1n) is 5.93. The topological polar surface area (TPSA) is 53.2 Å². The van der Waals surface area contributed by atoms with Crippen LogP contribution in [-0.2, 0) is 12.8 Å². The summed E-state index contributed by atoms with van der Waals surface area (Å²) < 4.78 is 43.3. The van der Waals surface area contributed by atoms with Gasteiger partial charge in [-0.05, 0) is 24.3 Å². The van der Waals surface area contributed by atoms with E-state index < -0.39 is 11.7 Å². The van der Waals surface area contributed by atoms with Crippen molar-refractivity contribution in [3.05, 3.63) is 59.2 Å². The molecule has 0 atom stereocenters. The van der Waals surface area contributed by atoms with Gasteiger partial charge in [-0.15, -0.1) is 0 Å². The van der Waals surface area contributed by atoms with E-state index in [4.69, 9.17) is 10.00 Å². The minimum absolute atomic E-state index is 0.0535. The Hall–Kier alpha value is -2.52. The number of alkyl halides is 3. The maximum absolute atomic E-state index is 12.6. The number of aliphatic hydroxyl groups is 1. The number of para-hydroxylation sites is 1. The summed E-state index contributed by atoms with van der Waals surface area (Å²) in [6, 6.07) is 10.8. The van der Waals surface area contributed by atoms with Crippen molar-refractivity contribution in [2.45, 2.75) is 12.8 Å². The van der Waals surface area contributed by atoms with E-state index >= 15 is 0 Å². The highest BCUT2D eigenvalue weighted by molar-refractivity contribution is 5.50. The number of hydrogen-bond donors (Lipinski definition) is 1. The highest BCUT2D eigenvalue weighted by Gasteiger charge is 2.30. The number of halogens is 3. The average Bonchev–Trinajstić information content (AvgIpc) is 2.47. The van der Waals surface area contributed by atoms with Gasteiger partial charge in [-0.25, -0.2) is 0 Å². The lowest BCUT2D eigenvalue weighted by Crippen LogP contribution is -2.04. The van der Waals surface area contributed by atoms with Crippen molar-refractivity contribution in [2.24, 2.45) is 0 Å². The number of aliphatic hydroxyl groups excluding tert-OH is 1. The van der Waals surface area contributed by atoms with E-state index in [-0.39, 0.29) is 23.7 Å². The highest BCUT2D eigenvalue weighted by atomic mass is 19.4. The average molecular weight is 293 g/mol. The summed E-state index contributed by atoms with van der Waals surface area (Å²) >= 11 is 0. The van der Waals surface area contributed by atoms with E-state index in [9.17, 15) is 18.3 Å². The molecule has 0 bridgehead atoms. The quantitative estimate of drug-likeness (QED) is 0.934. The van der Waals surface area contributed by atoms with Crippen molar-refractivity contribution in [3.63, 3.8) is 0 Å². The van der Waals surface area contributed by atoms with Crippen LogP contribution in [0.2, 0.25) is 0 Å². The molecule has 0 unspecified atom stereocenters. The molecule has 0 radical (unpaired) electrons. The van der Waals surface area contributed by atoms with Crippen LogP contribution < -0.4 is 4.74 Å². The molecule has 3 nitrogen and oxygen atoms in total. The van der Waals surface area contributed by atoms with Crippen LogP contribution in [0, 0.1) is 11.3 Å². The molecule has 0 heterocycles. The van der Waals surface area contributed by atoms with Crippen LogP contribution in [-0.4, -0.2) is 5.11 Å². The zero-order valence-corrected chi connectivity index (χ0v) is 10.7. The number of rotatable bonds is 3. The molecule has 0 aliphatic heterocycles. The van der Waals surface area contributed by atoms with Gasteiger partial charge >= 0.3 is 6.18 Å². The van der Waals surface area contributed by atoms with Gasteiger partial charge in [0.25, 0.3) is 0 Å². The van der Waals surface area contributed by atoms with Gasteiger partial charge in [0.1, 0.15) is 11.8 Å². The number of nitriles is 1. The molecule has 21 heavy (non-hydrogen) atoms. The second kappa shape index (κ2) is 5.85. The molecule has 2 aromatic rings. The van der Waals surface area contributed by atoms with Crippen LogP contribution in [0.1, 0.15) is 16.7 Å². The SMILES string of the molecule is N#Cc1cccc(CO)c1Oc1cccc(C(F)(F)F)c1. The molecule has 2 rings (SSSR count). The molecule has 0 aliphatic carbocycles. The second-order valence-electron chi connectivity index (χ2n) is 4.19. The van der Waals surface area contributed by atoms with Gasteiger partial charge in [0.15, 0.2) is 5.75 Å². The van der Waals surface area contributed by atoms with Gasteiger partial charge in [-0.1, -0.05) is 18.2 Å². The van der Waals surface area contributed by atoms with E-state index in [2.05, 4.69) is 0 Å². The largest absolute Gasteiger partial charge is 0.456 e. The van der Waals surface area contributed by atoms with Gasteiger partial charge in [-0.2, -0.15) is 18.4 Å². The number of hydrogen-bond acceptors (Lipinski definition) is 3. The van der Waals surface area contributed by atoms with Gasteiger partial charge in [0, 0.05) is 5.56 Å². The maximum atomic E-state index is 12.6. The van der Waals surface area contributed by atoms with Crippen LogP contribution in [0.5, 0.6) is 11.5 Å². The first-order valence-corrected chi connectivity index (χ1v) is 5.93. The number of nitrogens with zero attached hydrogens (tertiary/aromatic N) is 1. The summed E-state index contributed by atoms with van der Waals surface area (Å²) in [6.07, 6.45) is -4.48.